The summed E-state index contributed by atoms with van der Waals surface area (Å²) in [5, 5.41) is 11.8. The highest BCUT2D eigenvalue weighted by atomic mass is 32.2. The number of aromatic nitrogens is 4. The van der Waals surface area contributed by atoms with Crippen LogP contribution in [0.5, 0.6) is 5.75 Å². The minimum atomic E-state index is -0.00776. The lowest BCUT2D eigenvalue weighted by atomic mass is 10.1. The van der Waals surface area contributed by atoms with Crippen molar-refractivity contribution in [2.24, 2.45) is 0 Å². The van der Waals surface area contributed by atoms with Gasteiger partial charge in [0.2, 0.25) is 0 Å². The van der Waals surface area contributed by atoms with Crippen LogP contribution < -0.4 is 4.74 Å². The highest BCUT2D eigenvalue weighted by molar-refractivity contribution is 7.99. The molecule has 0 unspecified atom stereocenters. The fourth-order valence-electron chi connectivity index (χ4n) is 1.59. The fraction of sp³-hybridized carbons (Fsp3) is 0.167. The summed E-state index contributed by atoms with van der Waals surface area (Å²) in [4.78, 5) is 12.0. The van der Waals surface area contributed by atoms with Crippen LogP contribution >= 0.6 is 11.8 Å². The Labute approximate surface area is 117 Å². The van der Waals surface area contributed by atoms with Gasteiger partial charge in [-0.1, -0.05) is 16.9 Å². The van der Waals surface area contributed by atoms with Crippen LogP contribution in [-0.2, 0) is 0 Å². The molecule has 0 aliphatic carbocycles. The van der Waals surface area contributed by atoms with Gasteiger partial charge in [0.1, 0.15) is 12.1 Å². The van der Waals surface area contributed by atoms with Gasteiger partial charge in [0, 0.05) is 5.56 Å². The number of hydrogen-bond donors (Lipinski definition) is 0. The molecule has 0 fully saturated rings. The molecule has 0 amide bonds. The number of fused-ring (bicyclic) bond motifs is 1. The molecule has 3 aromatic rings. The van der Waals surface area contributed by atoms with E-state index in [2.05, 4.69) is 15.3 Å². The minimum absolute atomic E-state index is 0.00776. The van der Waals surface area contributed by atoms with E-state index in [1.807, 2.05) is 0 Å². The maximum absolute atomic E-state index is 12.0. The summed E-state index contributed by atoms with van der Waals surface area (Å²) in [7, 11) is 1.58. The molecule has 0 aliphatic heterocycles. The Bertz CT molecular complexity index is 706. The maximum atomic E-state index is 12.0. The average molecular weight is 290 g/mol. The van der Waals surface area contributed by atoms with Crippen LogP contribution in [0.1, 0.15) is 10.4 Å². The van der Waals surface area contributed by atoms with Gasteiger partial charge in [-0.15, -0.1) is 10.2 Å². The Morgan fingerprint density at radius 3 is 2.90 bits per heavy atom. The van der Waals surface area contributed by atoms with Crippen molar-refractivity contribution >= 4 is 23.4 Å². The second-order valence-corrected chi connectivity index (χ2v) is 4.79. The second kappa shape index (κ2) is 5.33. The Balaban J connectivity index is 1.64. The molecule has 7 nitrogen and oxygen atoms in total. The molecule has 2 aromatic heterocycles. The number of thioether (sulfide) groups is 1. The topological polar surface area (TPSA) is 82.5 Å². The van der Waals surface area contributed by atoms with E-state index in [-0.39, 0.29) is 11.5 Å². The van der Waals surface area contributed by atoms with E-state index in [1.54, 1.807) is 31.4 Å². The van der Waals surface area contributed by atoms with Crippen LogP contribution in [0, 0.1) is 0 Å². The van der Waals surface area contributed by atoms with E-state index < -0.39 is 0 Å². The SMILES string of the molecule is COc1ccc(C(=O)CSc2nn3cnnc3o2)cc1. The van der Waals surface area contributed by atoms with Gasteiger partial charge >= 0.3 is 5.84 Å². The first kappa shape index (κ1) is 12.7. The molecular formula is C12H10N4O3S. The Kier molecular flexibility index (Phi) is 3.38. The highest BCUT2D eigenvalue weighted by Crippen LogP contribution is 2.19. The van der Waals surface area contributed by atoms with Gasteiger partial charge in [0.15, 0.2) is 5.78 Å². The molecule has 102 valence electrons. The molecule has 0 saturated heterocycles. The van der Waals surface area contributed by atoms with Crippen LogP contribution in [0.3, 0.4) is 0 Å². The number of hydrogen-bond acceptors (Lipinski definition) is 7. The van der Waals surface area contributed by atoms with E-state index in [1.165, 1.54) is 22.6 Å². The summed E-state index contributed by atoms with van der Waals surface area (Å²) in [5.74, 6) is 1.26. The molecule has 20 heavy (non-hydrogen) atoms. The molecule has 0 N–H and O–H groups in total. The van der Waals surface area contributed by atoms with Crippen molar-refractivity contribution < 1.29 is 13.9 Å². The van der Waals surface area contributed by atoms with Crippen molar-refractivity contribution in [2.45, 2.75) is 5.22 Å². The average Bonchev–Trinajstić information content (AvgIpc) is 3.06. The largest absolute Gasteiger partial charge is 0.497 e. The molecule has 0 radical (unpaired) electrons. The predicted octanol–water partition coefficient (Wildman–Crippen LogP) is 1.70. The summed E-state index contributed by atoms with van der Waals surface area (Å²) in [6.07, 6.45) is 1.44. The number of ether oxygens (including phenoxy) is 1. The van der Waals surface area contributed by atoms with Gasteiger partial charge in [-0.05, 0) is 24.3 Å². The van der Waals surface area contributed by atoms with Crippen LogP contribution in [0.4, 0.5) is 0 Å². The molecule has 0 bridgehead atoms. The van der Waals surface area contributed by atoms with E-state index in [0.29, 0.717) is 16.6 Å². The van der Waals surface area contributed by atoms with E-state index in [4.69, 9.17) is 9.15 Å². The van der Waals surface area contributed by atoms with Crippen LogP contribution in [0.25, 0.3) is 5.84 Å². The van der Waals surface area contributed by atoms with Gasteiger partial charge in [0.25, 0.3) is 5.22 Å². The summed E-state index contributed by atoms with van der Waals surface area (Å²) in [5.41, 5.74) is 0.622. The van der Waals surface area contributed by atoms with Crippen LogP contribution in [0.15, 0.2) is 40.2 Å². The summed E-state index contributed by atoms with van der Waals surface area (Å²) in [6, 6.07) is 6.97. The van der Waals surface area contributed by atoms with Crippen molar-refractivity contribution in [3.63, 3.8) is 0 Å². The number of nitrogens with zero attached hydrogens (tertiary/aromatic N) is 4. The van der Waals surface area contributed by atoms with Crippen molar-refractivity contribution in [1.82, 2.24) is 19.8 Å². The maximum Gasteiger partial charge on any atom is 0.345 e. The molecule has 2 heterocycles. The molecule has 0 atom stereocenters. The lowest BCUT2D eigenvalue weighted by Gasteiger charge is -2.01. The number of Topliss-reactive ketones (excluding diaryl/α,β-unsaturated/α-hetero) is 1. The smallest absolute Gasteiger partial charge is 0.345 e. The van der Waals surface area contributed by atoms with Gasteiger partial charge < -0.3 is 9.15 Å². The molecular weight excluding hydrogens is 280 g/mol. The zero-order valence-electron chi connectivity index (χ0n) is 10.5. The third kappa shape index (κ3) is 2.50. The number of carbonyl (C=O) groups is 1. The zero-order valence-corrected chi connectivity index (χ0v) is 11.3. The molecule has 0 spiro atoms. The quantitative estimate of drug-likeness (QED) is 0.522. The van der Waals surface area contributed by atoms with Gasteiger partial charge in [0.05, 0.1) is 12.9 Å². The summed E-state index contributed by atoms with van der Waals surface area (Å²) < 4.78 is 11.8. The number of benzene rings is 1. The van der Waals surface area contributed by atoms with E-state index in [9.17, 15) is 4.79 Å². The minimum Gasteiger partial charge on any atom is -0.497 e. The van der Waals surface area contributed by atoms with E-state index >= 15 is 0 Å². The molecule has 8 heteroatoms. The third-order valence-electron chi connectivity index (χ3n) is 2.61. The normalized spacial score (nSPS) is 10.8. The predicted molar refractivity (Wildman–Crippen MR) is 71.1 cm³/mol. The molecule has 1 aromatic carbocycles. The Hall–Kier alpha value is -2.35. The first-order chi connectivity index (χ1) is 9.76. The highest BCUT2D eigenvalue weighted by Gasteiger charge is 2.11. The number of carbonyl (C=O) groups excluding carboxylic acids is 1. The molecule has 0 saturated carbocycles. The standard InChI is InChI=1S/C12H10N4O3S/c1-18-9-4-2-8(3-5-9)10(17)6-20-12-15-16-7-13-14-11(16)19-12/h2-5,7H,6H2,1H3. The lowest BCUT2D eigenvalue weighted by Crippen LogP contribution is -2.02. The van der Waals surface area contributed by atoms with Crippen LogP contribution in [0.2, 0.25) is 0 Å². The molecule has 3 rings (SSSR count). The summed E-state index contributed by atoms with van der Waals surface area (Å²) in [6.45, 7) is 0. The number of methoxy groups -OCH3 is 1. The van der Waals surface area contributed by atoms with Crippen LogP contribution in [-0.4, -0.2) is 38.5 Å². The van der Waals surface area contributed by atoms with E-state index in [0.717, 1.165) is 5.75 Å². The number of ketones is 1. The number of rotatable bonds is 5. The van der Waals surface area contributed by atoms with Crippen molar-refractivity contribution in [2.75, 3.05) is 12.9 Å². The lowest BCUT2D eigenvalue weighted by molar-refractivity contribution is 0.102. The third-order valence-corrected chi connectivity index (χ3v) is 3.43. The van der Waals surface area contributed by atoms with Crippen molar-refractivity contribution in [3.05, 3.63) is 36.2 Å². The van der Waals surface area contributed by atoms with Gasteiger partial charge in [-0.2, -0.15) is 4.52 Å². The second-order valence-electron chi connectivity index (χ2n) is 3.87. The zero-order chi connectivity index (χ0) is 13.9. The van der Waals surface area contributed by atoms with Gasteiger partial charge in [-0.25, -0.2) is 0 Å². The van der Waals surface area contributed by atoms with Crippen molar-refractivity contribution in [1.29, 1.82) is 0 Å². The summed E-state index contributed by atoms with van der Waals surface area (Å²) >= 11 is 1.22. The molecule has 0 aliphatic rings. The Morgan fingerprint density at radius 1 is 1.40 bits per heavy atom. The van der Waals surface area contributed by atoms with Crippen molar-refractivity contribution in [3.8, 4) is 5.75 Å². The Morgan fingerprint density at radius 2 is 2.20 bits per heavy atom. The first-order valence-corrected chi connectivity index (χ1v) is 6.72. The fourth-order valence-corrected chi connectivity index (χ4v) is 2.29. The first-order valence-electron chi connectivity index (χ1n) is 5.73. The van der Waals surface area contributed by atoms with Gasteiger partial charge in [-0.3, -0.25) is 4.79 Å². The monoisotopic (exact) mass is 290 g/mol.